The smallest absolute Gasteiger partial charge is 0.707 e. The van der Waals surface area contributed by atoms with Crippen LogP contribution in [0.1, 0.15) is 0 Å². The molecule has 0 aromatic carbocycles. The van der Waals surface area contributed by atoms with Crippen LogP contribution in [0.4, 0.5) is 0 Å². The maximum absolute atomic E-state index is 9.22. The van der Waals surface area contributed by atoms with E-state index in [0.29, 0.717) is 0 Å². The number of hydrogen-bond acceptors (Lipinski definition) is 10. The third-order valence-electron chi connectivity index (χ3n) is 0.222. The van der Waals surface area contributed by atoms with E-state index < -0.39 is 22.7 Å². The van der Waals surface area contributed by atoms with Gasteiger partial charge in [0.25, 0.3) is 22.7 Å². The van der Waals surface area contributed by atoms with Gasteiger partial charge in [0.1, 0.15) is 0 Å². The second kappa shape index (κ2) is 19.5. The Morgan fingerprint density at radius 3 is 0.857 bits per heavy atom. The second-order valence-electron chi connectivity index (χ2n) is 0.680. The molecule has 11 nitrogen and oxygen atoms in total. The molecule has 0 fully saturated rings. The summed E-state index contributed by atoms with van der Waals surface area (Å²) >= 11 is -5.29. The molecule has 0 bridgehead atoms. The molecular formula is H2O11S2U. The molecule has 0 spiro atoms. The maximum atomic E-state index is 9.22. The number of hydrogen-bond donors (Lipinski definition) is 0. The Bertz CT molecular complexity index is 105. The molecule has 0 radical (unpaired) electrons. The van der Waals surface area contributed by atoms with Gasteiger partial charge >= 0.3 is 31.1 Å². The van der Waals surface area contributed by atoms with E-state index >= 15 is 0 Å². The molecule has 0 atom stereocenters. The van der Waals surface area contributed by atoms with Crippen molar-refractivity contribution in [2.75, 3.05) is 0 Å². The Labute approximate surface area is 106 Å². The molecule has 0 aliphatic rings. The molecule has 0 rings (SSSR count). The predicted molar refractivity (Wildman–Crippen MR) is 24.2 cm³/mol. The van der Waals surface area contributed by atoms with Crippen molar-refractivity contribution in [1.29, 1.82) is 0 Å². The zero-order chi connectivity index (χ0) is 9.98. The van der Waals surface area contributed by atoms with Crippen molar-refractivity contribution < 1.29 is 83.4 Å². The summed E-state index contributed by atoms with van der Waals surface area (Å²) in [6.45, 7) is 0. The van der Waals surface area contributed by atoms with Gasteiger partial charge in [-0.3, -0.25) is 0 Å². The topological polar surface area (TPSA) is 195 Å². The van der Waals surface area contributed by atoms with Crippen LogP contribution in [0.15, 0.2) is 0 Å². The molecule has 0 saturated heterocycles. The normalized spacial score (nSPS) is 8.43. The standard InChI is InChI=1S/2H2O5S.H2O.U/c2*1-4-6(3)5-2;;/h2*1-2H;1H2;/q;;;+4/p-4. The van der Waals surface area contributed by atoms with Crippen LogP contribution in [-0.4, -0.2) is 13.9 Å². The van der Waals surface area contributed by atoms with Crippen molar-refractivity contribution in [1.82, 2.24) is 0 Å². The molecule has 0 aliphatic heterocycles. The minimum absolute atomic E-state index is 0. The van der Waals surface area contributed by atoms with Crippen molar-refractivity contribution >= 4 is 22.7 Å². The van der Waals surface area contributed by atoms with Gasteiger partial charge < -0.3 is 43.8 Å². The largest absolute Gasteiger partial charge is 4.00 e. The Hall–Kier alpha value is 0.992. The summed E-state index contributed by atoms with van der Waals surface area (Å²) in [6, 6.07) is 0. The molecule has 0 amide bonds. The van der Waals surface area contributed by atoms with E-state index in [4.69, 9.17) is 21.0 Å². The van der Waals surface area contributed by atoms with Crippen molar-refractivity contribution in [2.45, 2.75) is 0 Å². The van der Waals surface area contributed by atoms with Gasteiger partial charge in [-0.25, -0.2) is 0 Å². The molecule has 14 heavy (non-hydrogen) atoms. The summed E-state index contributed by atoms with van der Waals surface area (Å²) in [5.74, 6) is 0. The quantitative estimate of drug-likeness (QED) is 0.276. The number of rotatable bonds is 4. The summed E-state index contributed by atoms with van der Waals surface area (Å²) in [5, 5.41) is 34.9. The molecule has 0 unspecified atom stereocenters. The minimum Gasteiger partial charge on any atom is -0.707 e. The summed E-state index contributed by atoms with van der Waals surface area (Å²) in [7, 11) is 0. The molecule has 0 heterocycles. The van der Waals surface area contributed by atoms with E-state index in [2.05, 4.69) is 17.3 Å². The van der Waals surface area contributed by atoms with Crippen LogP contribution in [-0.2, 0) is 40.1 Å². The summed E-state index contributed by atoms with van der Waals surface area (Å²) < 4.78 is 28.8. The Balaban J connectivity index is -0.0000000625. The van der Waals surface area contributed by atoms with Crippen LogP contribution < -0.4 is 21.0 Å². The van der Waals surface area contributed by atoms with Crippen LogP contribution in [0.2, 0.25) is 0 Å². The second-order valence-corrected chi connectivity index (χ2v) is 2.04. The van der Waals surface area contributed by atoms with Gasteiger partial charge in [0.15, 0.2) is 0 Å². The van der Waals surface area contributed by atoms with Gasteiger partial charge in [-0.1, -0.05) is 0 Å². The van der Waals surface area contributed by atoms with Crippen LogP contribution in [0.3, 0.4) is 0 Å². The zero-order valence-corrected chi connectivity index (χ0v) is 11.7. The molecule has 2 N–H and O–H groups in total. The van der Waals surface area contributed by atoms with Crippen LogP contribution in [0.25, 0.3) is 0 Å². The minimum atomic E-state index is -2.65. The first-order valence-corrected chi connectivity index (χ1v) is 3.67. The average molecular weight is 480 g/mol. The first-order valence-electron chi connectivity index (χ1n) is 1.67. The van der Waals surface area contributed by atoms with E-state index in [0.717, 1.165) is 0 Å². The van der Waals surface area contributed by atoms with Gasteiger partial charge in [0.05, 0.1) is 0 Å². The molecular weight excluding hydrogens is 478 g/mol. The Morgan fingerprint density at radius 2 is 0.857 bits per heavy atom. The fraction of sp³-hybridized carbons (Fsp3) is 0. The Morgan fingerprint density at radius 1 is 0.714 bits per heavy atom. The van der Waals surface area contributed by atoms with E-state index in [-0.39, 0.29) is 36.6 Å². The van der Waals surface area contributed by atoms with Crippen molar-refractivity contribution in [3.05, 3.63) is 0 Å². The molecule has 14 heteroatoms. The SMILES string of the molecule is O.O=S(O[O-])O[O-].O=S(O[O-])O[O-].[U+4]. The van der Waals surface area contributed by atoms with E-state index in [1.165, 1.54) is 0 Å². The van der Waals surface area contributed by atoms with Crippen molar-refractivity contribution in [3.63, 3.8) is 0 Å². The van der Waals surface area contributed by atoms with Gasteiger partial charge in [-0.15, -0.1) is 0 Å². The summed E-state index contributed by atoms with van der Waals surface area (Å²) in [4.78, 5) is 0. The molecule has 0 saturated carbocycles. The summed E-state index contributed by atoms with van der Waals surface area (Å²) in [6.07, 6.45) is 0. The van der Waals surface area contributed by atoms with E-state index in [9.17, 15) is 8.42 Å². The predicted octanol–water partition coefficient (Wildman–Crippen LogP) is -6.53. The Kier molecular flexibility index (Phi) is 33.9. The monoisotopic (exact) mass is 480 g/mol. The van der Waals surface area contributed by atoms with Crippen LogP contribution in [0.5, 0.6) is 0 Å². The fourth-order valence-electron chi connectivity index (χ4n) is 0.0227. The molecule has 0 aliphatic carbocycles. The fourth-order valence-corrected chi connectivity index (χ4v) is 0.0680. The molecule has 0 aromatic rings. The third kappa shape index (κ3) is 23.1. The molecule has 0 aromatic heterocycles. The summed E-state index contributed by atoms with van der Waals surface area (Å²) in [5.41, 5.74) is 0. The van der Waals surface area contributed by atoms with Gasteiger partial charge in [0, 0.05) is 0 Å². The van der Waals surface area contributed by atoms with E-state index in [1.54, 1.807) is 0 Å². The third-order valence-corrected chi connectivity index (χ3v) is 0.667. The van der Waals surface area contributed by atoms with Gasteiger partial charge in [-0.2, -0.15) is 8.42 Å². The van der Waals surface area contributed by atoms with Gasteiger partial charge in [0.2, 0.25) is 0 Å². The van der Waals surface area contributed by atoms with Crippen molar-refractivity contribution in [2.24, 2.45) is 0 Å². The van der Waals surface area contributed by atoms with Crippen LogP contribution in [0, 0.1) is 31.1 Å². The maximum Gasteiger partial charge on any atom is 4.00 e. The average Bonchev–Trinajstić information content (AvgIpc) is 2.16. The van der Waals surface area contributed by atoms with Gasteiger partial charge in [-0.05, 0) is 0 Å². The first-order chi connectivity index (χ1) is 5.62. The molecule has 84 valence electrons. The van der Waals surface area contributed by atoms with Crippen LogP contribution >= 0.6 is 0 Å². The van der Waals surface area contributed by atoms with E-state index in [1.807, 2.05) is 0 Å². The zero-order valence-electron chi connectivity index (χ0n) is 5.90. The van der Waals surface area contributed by atoms with Crippen molar-refractivity contribution in [3.8, 4) is 0 Å². The first kappa shape index (κ1) is 24.3.